The lowest BCUT2D eigenvalue weighted by molar-refractivity contribution is 0.569. The quantitative estimate of drug-likeness (QED) is 0.440. The number of carbonyl (C=O) groups excluding carboxylic acids is 1. The van der Waals surface area contributed by atoms with Crippen LogP contribution < -0.4 is 0 Å². The summed E-state index contributed by atoms with van der Waals surface area (Å²) in [7, 11) is 0.702. The Bertz CT molecular complexity index is 406. The highest BCUT2D eigenvalue weighted by atomic mass is 28.2. The fourth-order valence-electron chi connectivity index (χ4n) is 1.18. The molecular weight excluding hydrogens is 212 g/mol. The van der Waals surface area contributed by atoms with Crippen molar-refractivity contribution in [3.8, 4) is 0 Å². The van der Waals surface area contributed by atoms with E-state index in [0.29, 0.717) is 15.1 Å². The molecule has 0 aromatic heterocycles. The molecule has 0 atom stereocenters. The van der Waals surface area contributed by atoms with Gasteiger partial charge in [-0.25, -0.2) is 4.79 Å². The summed E-state index contributed by atoms with van der Waals surface area (Å²) in [4.78, 5) is 10.9. The second-order valence-electron chi connectivity index (χ2n) is 4.61. The van der Waals surface area contributed by atoms with Crippen LogP contribution in [0, 0.1) is 0 Å². The van der Waals surface area contributed by atoms with Crippen molar-refractivity contribution >= 4 is 21.0 Å². The van der Waals surface area contributed by atoms with E-state index in [9.17, 15) is 4.79 Å². The first-order chi connectivity index (χ1) is 7.53. The van der Waals surface area contributed by atoms with Gasteiger partial charge in [-0.15, -0.1) is 0 Å². The molecule has 0 heterocycles. The maximum atomic E-state index is 10.9. The summed E-state index contributed by atoms with van der Waals surface area (Å²) in [5.74, 6) is 1.99. The van der Waals surface area contributed by atoms with Crippen LogP contribution in [0.15, 0.2) is 42.1 Å². The Morgan fingerprint density at radius 1 is 1.25 bits per heavy atom. The van der Waals surface area contributed by atoms with Crippen molar-refractivity contribution in [3.63, 3.8) is 0 Å². The van der Waals surface area contributed by atoms with Crippen LogP contribution >= 0.6 is 0 Å². The molecule has 0 N–H and O–H groups in total. The van der Waals surface area contributed by atoms with Gasteiger partial charge in [-0.2, -0.15) is 0 Å². The van der Waals surface area contributed by atoms with E-state index in [4.69, 9.17) is 0 Å². The van der Waals surface area contributed by atoms with Crippen molar-refractivity contribution in [1.29, 1.82) is 0 Å². The average molecular weight is 228 g/mol. The van der Waals surface area contributed by atoms with E-state index < -0.39 is 0 Å². The van der Waals surface area contributed by atoms with Crippen molar-refractivity contribution < 1.29 is 4.79 Å². The first-order valence-corrected chi connectivity index (χ1v) is 6.35. The number of hydrogen-bond acceptors (Lipinski definition) is 1. The van der Waals surface area contributed by atoms with Crippen molar-refractivity contribution in [3.05, 3.63) is 47.7 Å². The summed E-state index contributed by atoms with van der Waals surface area (Å²) in [6, 6.07) is 9.63. The molecule has 1 aromatic carbocycles. The molecule has 0 unspecified atom stereocenters. The first-order valence-electron chi connectivity index (χ1n) is 5.28. The third-order valence-corrected chi connectivity index (χ3v) is 3.16. The Balaban J connectivity index is 2.76. The van der Waals surface area contributed by atoms with E-state index in [2.05, 4.69) is 26.5 Å². The fourth-order valence-corrected chi connectivity index (χ4v) is 1.93. The second-order valence-corrected chi connectivity index (χ2v) is 6.73. The van der Waals surface area contributed by atoms with Crippen molar-refractivity contribution in [2.24, 2.45) is 0 Å². The van der Waals surface area contributed by atoms with Gasteiger partial charge in [0.1, 0.15) is 5.94 Å². The van der Waals surface area contributed by atoms with Gasteiger partial charge in [0.2, 0.25) is 0 Å². The topological polar surface area (TPSA) is 17.1 Å². The van der Waals surface area contributed by atoms with E-state index >= 15 is 0 Å². The Kier molecular flexibility index (Phi) is 4.48. The lowest BCUT2D eigenvalue weighted by Gasteiger charge is -2.13. The Hall–Kier alpha value is -1.37. The molecule has 82 valence electrons. The lowest BCUT2D eigenvalue weighted by atomic mass is 10.1. The molecule has 0 bridgehead atoms. The van der Waals surface area contributed by atoms with Crippen molar-refractivity contribution in [2.75, 3.05) is 0 Å². The summed E-state index contributed by atoms with van der Waals surface area (Å²) in [6.45, 7) is 6.55. The lowest BCUT2D eigenvalue weighted by Crippen LogP contribution is -2.04. The van der Waals surface area contributed by atoms with E-state index in [1.165, 1.54) is 0 Å². The van der Waals surface area contributed by atoms with Crippen LogP contribution in [0.25, 0.3) is 5.57 Å². The molecule has 2 radical (unpaired) electrons. The van der Waals surface area contributed by atoms with Gasteiger partial charge in [0.25, 0.3) is 0 Å². The highest BCUT2D eigenvalue weighted by Crippen LogP contribution is 2.21. The van der Waals surface area contributed by atoms with Crippen molar-refractivity contribution in [1.82, 2.24) is 0 Å². The largest absolute Gasteiger partial charge is 0.233 e. The van der Waals surface area contributed by atoms with Crippen LogP contribution in [0.4, 0.5) is 0 Å². The molecular formula is C14H16OSi. The molecule has 0 aliphatic carbocycles. The number of rotatable bonds is 3. The molecule has 0 saturated carbocycles. The molecule has 16 heavy (non-hydrogen) atoms. The molecule has 0 amide bonds. The standard InChI is InChI=1S/C14H16OSi/c1-14(2,3)16-10-9-13(11-15)12-7-5-4-6-8-12/h4-10H,1-3H3/b10-9+. The molecule has 0 fully saturated rings. The van der Waals surface area contributed by atoms with E-state index in [-0.39, 0.29) is 5.04 Å². The smallest absolute Gasteiger partial charge is 0.132 e. The molecule has 1 aromatic rings. The minimum absolute atomic E-state index is 0.279. The van der Waals surface area contributed by atoms with Gasteiger partial charge in [-0.1, -0.05) is 62.9 Å². The summed E-state index contributed by atoms with van der Waals surface area (Å²) in [6.07, 6.45) is 1.87. The van der Waals surface area contributed by atoms with Gasteiger partial charge in [-0.3, -0.25) is 0 Å². The zero-order valence-corrected chi connectivity index (χ0v) is 10.9. The highest BCUT2D eigenvalue weighted by molar-refractivity contribution is 6.46. The molecule has 0 aliphatic heterocycles. The zero-order valence-electron chi connectivity index (χ0n) is 9.95. The average Bonchev–Trinajstić information content (AvgIpc) is 2.24. The Labute approximate surface area is 99.7 Å². The Morgan fingerprint density at radius 2 is 1.88 bits per heavy atom. The number of benzene rings is 1. The zero-order chi connectivity index (χ0) is 12.0. The van der Waals surface area contributed by atoms with Crippen LogP contribution in [0.1, 0.15) is 26.3 Å². The predicted molar refractivity (Wildman–Crippen MR) is 70.2 cm³/mol. The van der Waals surface area contributed by atoms with E-state index in [1.807, 2.05) is 42.3 Å². The summed E-state index contributed by atoms with van der Waals surface area (Å²) in [5, 5.41) is 0.279. The molecule has 1 nitrogen and oxygen atoms in total. The summed E-state index contributed by atoms with van der Waals surface area (Å²) < 4.78 is 0. The highest BCUT2D eigenvalue weighted by Gasteiger charge is 2.08. The van der Waals surface area contributed by atoms with Crippen LogP contribution in [-0.4, -0.2) is 15.5 Å². The van der Waals surface area contributed by atoms with E-state index in [0.717, 1.165) is 5.56 Å². The van der Waals surface area contributed by atoms with E-state index in [1.54, 1.807) is 0 Å². The third kappa shape index (κ3) is 4.43. The SMILES string of the molecule is CC(C)(C)[Si]/C=C/C(=C=O)c1ccccc1. The van der Waals surface area contributed by atoms with Crippen LogP contribution in [0.5, 0.6) is 0 Å². The van der Waals surface area contributed by atoms with Crippen LogP contribution in [0.2, 0.25) is 5.04 Å². The molecule has 1 rings (SSSR count). The molecule has 0 saturated heterocycles. The molecule has 2 heteroatoms. The second kappa shape index (κ2) is 5.64. The minimum Gasteiger partial charge on any atom is -0.233 e. The number of hydrogen-bond donors (Lipinski definition) is 0. The molecule has 0 spiro atoms. The Morgan fingerprint density at radius 3 is 2.38 bits per heavy atom. The van der Waals surface area contributed by atoms with Gasteiger partial charge in [0, 0.05) is 0 Å². The van der Waals surface area contributed by atoms with Gasteiger partial charge >= 0.3 is 0 Å². The van der Waals surface area contributed by atoms with Crippen LogP contribution in [-0.2, 0) is 4.79 Å². The van der Waals surface area contributed by atoms with Gasteiger partial charge in [0.05, 0.1) is 15.1 Å². The van der Waals surface area contributed by atoms with Crippen LogP contribution in [0.3, 0.4) is 0 Å². The summed E-state index contributed by atoms with van der Waals surface area (Å²) >= 11 is 0. The monoisotopic (exact) mass is 228 g/mol. The number of allylic oxidation sites excluding steroid dienone is 2. The van der Waals surface area contributed by atoms with Crippen molar-refractivity contribution in [2.45, 2.75) is 25.8 Å². The van der Waals surface area contributed by atoms with Gasteiger partial charge in [-0.05, 0) is 10.6 Å². The molecule has 0 aliphatic rings. The van der Waals surface area contributed by atoms with Gasteiger partial charge < -0.3 is 0 Å². The summed E-state index contributed by atoms with van der Waals surface area (Å²) in [5.41, 5.74) is 3.61. The fraction of sp³-hybridized carbons (Fsp3) is 0.286. The first kappa shape index (κ1) is 12.7. The maximum Gasteiger partial charge on any atom is 0.132 e. The van der Waals surface area contributed by atoms with Gasteiger partial charge in [0.15, 0.2) is 0 Å². The minimum atomic E-state index is 0.279. The third-order valence-electron chi connectivity index (χ3n) is 1.96. The predicted octanol–water partition coefficient (Wildman–Crippen LogP) is 3.34. The maximum absolute atomic E-state index is 10.9. The normalized spacial score (nSPS) is 11.4.